The van der Waals surface area contributed by atoms with Crippen LogP contribution in [0.25, 0.3) is 0 Å². The van der Waals surface area contributed by atoms with Crippen molar-refractivity contribution in [2.24, 2.45) is 5.73 Å². The zero-order valence-electron chi connectivity index (χ0n) is 11.3. The number of nitrogens with two attached hydrogens (primary N) is 1. The van der Waals surface area contributed by atoms with Crippen molar-refractivity contribution in [3.63, 3.8) is 0 Å². The number of rotatable bonds is 8. The van der Waals surface area contributed by atoms with Gasteiger partial charge in [-0.15, -0.1) is 0 Å². The summed E-state index contributed by atoms with van der Waals surface area (Å²) in [6.07, 6.45) is 7.91. The van der Waals surface area contributed by atoms with Crippen molar-refractivity contribution in [2.75, 3.05) is 0 Å². The maximum atomic E-state index is 7.25. The molecule has 100 valence electrons. The second kappa shape index (κ2) is 7.69. The lowest BCUT2D eigenvalue weighted by atomic mass is 10.1. The van der Waals surface area contributed by atoms with E-state index in [1.54, 1.807) is 12.3 Å². The van der Waals surface area contributed by atoms with E-state index in [1.165, 1.54) is 25.7 Å². The molecular formula is C14H23N3O. The van der Waals surface area contributed by atoms with E-state index < -0.39 is 0 Å². The van der Waals surface area contributed by atoms with Crippen molar-refractivity contribution < 1.29 is 4.74 Å². The minimum atomic E-state index is -0.0193. The minimum Gasteiger partial charge on any atom is -0.489 e. The molecule has 0 spiro atoms. The van der Waals surface area contributed by atoms with Gasteiger partial charge in [-0.25, -0.2) is 4.98 Å². The molecule has 0 aliphatic carbocycles. The molecule has 1 aromatic heterocycles. The summed E-state index contributed by atoms with van der Waals surface area (Å²) in [6, 6.07) is 3.52. The molecule has 0 aliphatic rings. The minimum absolute atomic E-state index is 0.0193. The van der Waals surface area contributed by atoms with Crippen LogP contribution < -0.4 is 10.5 Å². The highest BCUT2D eigenvalue weighted by molar-refractivity contribution is 5.92. The molecule has 1 rings (SSSR count). The van der Waals surface area contributed by atoms with E-state index in [0.29, 0.717) is 5.69 Å². The highest BCUT2D eigenvalue weighted by Gasteiger charge is 2.05. The van der Waals surface area contributed by atoms with Gasteiger partial charge in [0.05, 0.1) is 12.3 Å². The van der Waals surface area contributed by atoms with Crippen LogP contribution in [0.2, 0.25) is 0 Å². The third-order valence-electron chi connectivity index (χ3n) is 2.81. The van der Waals surface area contributed by atoms with E-state index in [2.05, 4.69) is 18.8 Å². The monoisotopic (exact) mass is 249 g/mol. The van der Waals surface area contributed by atoms with Gasteiger partial charge in [0.2, 0.25) is 0 Å². The van der Waals surface area contributed by atoms with Crippen LogP contribution in [-0.2, 0) is 0 Å². The first-order chi connectivity index (χ1) is 8.63. The van der Waals surface area contributed by atoms with E-state index in [9.17, 15) is 0 Å². The topological polar surface area (TPSA) is 72.0 Å². The number of aromatic nitrogens is 1. The van der Waals surface area contributed by atoms with Gasteiger partial charge in [-0.05, 0) is 31.9 Å². The molecule has 0 aliphatic heterocycles. The molecule has 4 heteroatoms. The molecule has 0 aromatic carbocycles. The Hall–Kier alpha value is -1.58. The number of pyridine rings is 1. The van der Waals surface area contributed by atoms with Gasteiger partial charge in [0.1, 0.15) is 17.3 Å². The second-order valence-corrected chi connectivity index (χ2v) is 4.57. The third kappa shape index (κ3) is 5.17. The zero-order chi connectivity index (χ0) is 13.4. The highest BCUT2D eigenvalue weighted by atomic mass is 16.5. The average Bonchev–Trinajstić information content (AvgIpc) is 2.35. The Balaban J connectivity index is 2.35. The van der Waals surface area contributed by atoms with Crippen LogP contribution in [-0.4, -0.2) is 16.9 Å². The van der Waals surface area contributed by atoms with E-state index in [1.807, 2.05) is 6.07 Å². The van der Waals surface area contributed by atoms with Gasteiger partial charge < -0.3 is 10.5 Å². The van der Waals surface area contributed by atoms with Gasteiger partial charge in [-0.2, -0.15) is 0 Å². The molecule has 18 heavy (non-hydrogen) atoms. The third-order valence-corrected chi connectivity index (χ3v) is 2.81. The number of amidine groups is 1. The molecule has 0 radical (unpaired) electrons. The smallest absolute Gasteiger partial charge is 0.141 e. The van der Waals surface area contributed by atoms with Crippen LogP contribution in [0, 0.1) is 5.41 Å². The highest BCUT2D eigenvalue weighted by Crippen LogP contribution is 2.14. The van der Waals surface area contributed by atoms with Crippen LogP contribution in [0.1, 0.15) is 51.6 Å². The molecule has 0 amide bonds. The number of ether oxygens (including phenoxy) is 1. The van der Waals surface area contributed by atoms with Gasteiger partial charge >= 0.3 is 0 Å². The standard InChI is InChI=1S/C14H23N3O/c1-3-4-5-6-7-11(2)18-12-8-9-13(14(15)16)17-10-12/h8-11H,3-7H2,1-2H3,(H3,15,16). The van der Waals surface area contributed by atoms with E-state index in [-0.39, 0.29) is 11.9 Å². The fourth-order valence-electron chi connectivity index (χ4n) is 1.76. The summed E-state index contributed by atoms with van der Waals surface area (Å²) in [4.78, 5) is 4.07. The van der Waals surface area contributed by atoms with Crippen molar-refractivity contribution in [1.29, 1.82) is 5.41 Å². The Morgan fingerprint density at radius 3 is 2.72 bits per heavy atom. The summed E-state index contributed by atoms with van der Waals surface area (Å²) in [5.41, 5.74) is 5.82. The first-order valence-electron chi connectivity index (χ1n) is 6.60. The van der Waals surface area contributed by atoms with Crippen LogP contribution in [0.15, 0.2) is 18.3 Å². The van der Waals surface area contributed by atoms with Crippen LogP contribution in [0.3, 0.4) is 0 Å². The maximum absolute atomic E-state index is 7.25. The van der Waals surface area contributed by atoms with E-state index in [0.717, 1.165) is 12.2 Å². The van der Waals surface area contributed by atoms with Gasteiger partial charge in [-0.1, -0.05) is 26.2 Å². The summed E-state index contributed by atoms with van der Waals surface area (Å²) >= 11 is 0. The van der Waals surface area contributed by atoms with Gasteiger partial charge in [0, 0.05) is 0 Å². The number of nitrogens with zero attached hydrogens (tertiary/aromatic N) is 1. The lowest BCUT2D eigenvalue weighted by Crippen LogP contribution is -2.14. The second-order valence-electron chi connectivity index (χ2n) is 4.57. The first kappa shape index (κ1) is 14.5. The molecular weight excluding hydrogens is 226 g/mol. The Kier molecular flexibility index (Phi) is 6.19. The predicted octanol–water partition coefficient (Wildman–Crippen LogP) is 3.10. The fourth-order valence-corrected chi connectivity index (χ4v) is 1.76. The summed E-state index contributed by atoms with van der Waals surface area (Å²) in [7, 11) is 0. The maximum Gasteiger partial charge on any atom is 0.141 e. The molecule has 0 bridgehead atoms. The number of hydrogen-bond donors (Lipinski definition) is 2. The number of nitrogen functional groups attached to an aromatic ring is 1. The lowest BCUT2D eigenvalue weighted by molar-refractivity contribution is 0.205. The SMILES string of the molecule is CCCCCCC(C)Oc1ccc(C(=N)N)nc1. The van der Waals surface area contributed by atoms with Crippen molar-refractivity contribution in [3.05, 3.63) is 24.0 Å². The fraction of sp³-hybridized carbons (Fsp3) is 0.571. The average molecular weight is 249 g/mol. The van der Waals surface area contributed by atoms with Crippen molar-refractivity contribution in [3.8, 4) is 5.75 Å². The summed E-state index contributed by atoms with van der Waals surface area (Å²) < 4.78 is 5.76. The van der Waals surface area contributed by atoms with Crippen molar-refractivity contribution in [1.82, 2.24) is 4.98 Å². The summed E-state index contributed by atoms with van der Waals surface area (Å²) in [5, 5.41) is 7.25. The molecule has 0 saturated carbocycles. The molecule has 0 saturated heterocycles. The van der Waals surface area contributed by atoms with Gasteiger partial charge in [0.25, 0.3) is 0 Å². The number of nitrogens with one attached hydrogen (secondary N) is 1. The largest absolute Gasteiger partial charge is 0.489 e. The zero-order valence-corrected chi connectivity index (χ0v) is 11.3. The van der Waals surface area contributed by atoms with Crippen LogP contribution in [0.4, 0.5) is 0 Å². The van der Waals surface area contributed by atoms with Crippen molar-refractivity contribution in [2.45, 2.75) is 52.1 Å². The Morgan fingerprint density at radius 1 is 1.39 bits per heavy atom. The normalized spacial score (nSPS) is 12.1. The first-order valence-corrected chi connectivity index (χ1v) is 6.60. The summed E-state index contributed by atoms with van der Waals surface area (Å²) in [5.74, 6) is 0.720. The van der Waals surface area contributed by atoms with E-state index in [4.69, 9.17) is 15.9 Å². The van der Waals surface area contributed by atoms with Crippen LogP contribution in [0.5, 0.6) is 5.75 Å². The van der Waals surface area contributed by atoms with Gasteiger partial charge in [-0.3, -0.25) is 5.41 Å². The Bertz CT molecular complexity index is 362. The lowest BCUT2D eigenvalue weighted by Gasteiger charge is -2.14. The molecule has 0 fully saturated rings. The van der Waals surface area contributed by atoms with Gasteiger partial charge in [0.15, 0.2) is 0 Å². The quantitative estimate of drug-likeness (QED) is 0.422. The number of hydrogen-bond acceptors (Lipinski definition) is 3. The molecule has 3 N–H and O–H groups in total. The van der Waals surface area contributed by atoms with Crippen molar-refractivity contribution >= 4 is 5.84 Å². The Morgan fingerprint density at radius 2 is 2.17 bits per heavy atom. The number of unbranched alkanes of at least 4 members (excludes halogenated alkanes) is 3. The van der Waals surface area contributed by atoms with Crippen LogP contribution >= 0.6 is 0 Å². The summed E-state index contributed by atoms with van der Waals surface area (Å²) in [6.45, 7) is 4.28. The molecule has 1 unspecified atom stereocenters. The molecule has 1 atom stereocenters. The molecule has 1 aromatic rings. The van der Waals surface area contributed by atoms with E-state index >= 15 is 0 Å². The molecule has 1 heterocycles. The Labute approximate surface area is 109 Å². The molecule has 4 nitrogen and oxygen atoms in total. The predicted molar refractivity (Wildman–Crippen MR) is 74.1 cm³/mol.